The first-order valence-electron chi connectivity index (χ1n) is 5.65. The molecule has 0 aromatic heterocycles. The topological polar surface area (TPSA) is 32.3 Å². The fraction of sp³-hybridized carbons (Fsp3) is 0.833. The summed E-state index contributed by atoms with van der Waals surface area (Å²) in [6.45, 7) is 8.71. The maximum Gasteiger partial charge on any atom is 0.0434 e. The van der Waals surface area contributed by atoms with Crippen LogP contribution < -0.4 is 5.32 Å². The molecule has 0 bridgehead atoms. The molecule has 0 saturated heterocycles. The molecule has 0 aromatic carbocycles. The van der Waals surface area contributed by atoms with Gasteiger partial charge in [0.1, 0.15) is 0 Å². The number of aliphatic hydroxyl groups excluding tert-OH is 1. The number of allylic oxidation sites excluding steroid dienone is 1. The van der Waals surface area contributed by atoms with Gasteiger partial charge in [0.25, 0.3) is 0 Å². The van der Waals surface area contributed by atoms with Crippen molar-refractivity contribution in [3.63, 3.8) is 0 Å². The monoisotopic (exact) mass is 199 g/mol. The first-order valence-corrected chi connectivity index (χ1v) is 5.65. The standard InChI is InChI=1S/C12H25NO/c1-4-5-12(7-9-14)10-13-8-6-11(2)3/h6,12-14H,4-5,7-10H2,1-3H3. The van der Waals surface area contributed by atoms with Crippen molar-refractivity contribution in [2.75, 3.05) is 19.7 Å². The van der Waals surface area contributed by atoms with E-state index in [1.165, 1.54) is 18.4 Å². The Balaban J connectivity index is 3.54. The Labute approximate surface area is 88.4 Å². The zero-order chi connectivity index (χ0) is 10.8. The first kappa shape index (κ1) is 13.7. The second kappa shape index (κ2) is 9.22. The number of nitrogens with one attached hydrogen (secondary N) is 1. The van der Waals surface area contributed by atoms with Crippen molar-refractivity contribution < 1.29 is 5.11 Å². The lowest BCUT2D eigenvalue weighted by Gasteiger charge is -2.14. The van der Waals surface area contributed by atoms with Crippen molar-refractivity contribution >= 4 is 0 Å². The van der Waals surface area contributed by atoms with Crippen molar-refractivity contribution in [2.24, 2.45) is 5.92 Å². The molecule has 2 heteroatoms. The fourth-order valence-corrected chi connectivity index (χ4v) is 1.50. The highest BCUT2D eigenvalue weighted by molar-refractivity contribution is 4.94. The molecule has 0 radical (unpaired) electrons. The van der Waals surface area contributed by atoms with Crippen molar-refractivity contribution in [2.45, 2.75) is 40.0 Å². The molecule has 0 rings (SSSR count). The van der Waals surface area contributed by atoms with Gasteiger partial charge < -0.3 is 10.4 Å². The predicted octanol–water partition coefficient (Wildman–Crippen LogP) is 2.34. The molecule has 0 fully saturated rings. The van der Waals surface area contributed by atoms with E-state index in [0.29, 0.717) is 12.5 Å². The summed E-state index contributed by atoms with van der Waals surface area (Å²) in [7, 11) is 0. The second-order valence-electron chi connectivity index (χ2n) is 4.11. The number of hydrogen-bond donors (Lipinski definition) is 2. The third-order valence-electron chi connectivity index (χ3n) is 2.32. The molecule has 1 atom stereocenters. The van der Waals surface area contributed by atoms with Gasteiger partial charge in [-0.2, -0.15) is 0 Å². The van der Waals surface area contributed by atoms with Gasteiger partial charge in [-0.05, 0) is 39.2 Å². The van der Waals surface area contributed by atoms with Crippen LogP contribution in [0.1, 0.15) is 40.0 Å². The van der Waals surface area contributed by atoms with Gasteiger partial charge in [-0.3, -0.25) is 0 Å². The van der Waals surface area contributed by atoms with Crippen molar-refractivity contribution in [1.29, 1.82) is 0 Å². The van der Waals surface area contributed by atoms with Crippen LogP contribution in [0.3, 0.4) is 0 Å². The van der Waals surface area contributed by atoms with Crippen molar-refractivity contribution in [3.05, 3.63) is 11.6 Å². The highest BCUT2D eigenvalue weighted by Gasteiger charge is 2.05. The molecule has 0 aromatic rings. The Morgan fingerprint density at radius 2 is 2.07 bits per heavy atom. The quantitative estimate of drug-likeness (QED) is 0.464. The summed E-state index contributed by atoms with van der Waals surface area (Å²) in [4.78, 5) is 0. The molecule has 14 heavy (non-hydrogen) atoms. The average molecular weight is 199 g/mol. The van der Waals surface area contributed by atoms with Crippen LogP contribution in [0.5, 0.6) is 0 Å². The smallest absolute Gasteiger partial charge is 0.0434 e. The average Bonchev–Trinajstić information content (AvgIpc) is 2.12. The predicted molar refractivity (Wildman–Crippen MR) is 62.4 cm³/mol. The molecule has 1 unspecified atom stereocenters. The molecule has 84 valence electrons. The summed E-state index contributed by atoms with van der Waals surface area (Å²) < 4.78 is 0. The lowest BCUT2D eigenvalue weighted by atomic mass is 10.0. The third-order valence-corrected chi connectivity index (χ3v) is 2.32. The van der Waals surface area contributed by atoms with E-state index in [9.17, 15) is 0 Å². The van der Waals surface area contributed by atoms with Gasteiger partial charge in [0.15, 0.2) is 0 Å². The molecular formula is C12H25NO. The van der Waals surface area contributed by atoms with Crippen LogP contribution in [0, 0.1) is 5.92 Å². The highest BCUT2D eigenvalue weighted by atomic mass is 16.3. The maximum atomic E-state index is 8.87. The molecule has 0 amide bonds. The van der Waals surface area contributed by atoms with Crippen LogP contribution in [0.25, 0.3) is 0 Å². The third kappa shape index (κ3) is 8.27. The highest BCUT2D eigenvalue weighted by Crippen LogP contribution is 2.08. The Kier molecular flexibility index (Phi) is 9.00. The normalized spacial score (nSPS) is 12.6. The molecule has 0 aliphatic rings. The van der Waals surface area contributed by atoms with Gasteiger partial charge in [0.05, 0.1) is 0 Å². The van der Waals surface area contributed by atoms with Gasteiger partial charge in [-0.15, -0.1) is 0 Å². The largest absolute Gasteiger partial charge is 0.396 e. The summed E-state index contributed by atoms with van der Waals surface area (Å²) in [6, 6.07) is 0. The van der Waals surface area contributed by atoms with E-state index in [4.69, 9.17) is 5.11 Å². The van der Waals surface area contributed by atoms with E-state index in [1.807, 2.05) is 0 Å². The Morgan fingerprint density at radius 3 is 2.57 bits per heavy atom. The summed E-state index contributed by atoms with van der Waals surface area (Å²) in [5.41, 5.74) is 1.35. The van der Waals surface area contributed by atoms with Gasteiger partial charge in [-0.1, -0.05) is 25.0 Å². The summed E-state index contributed by atoms with van der Waals surface area (Å²) in [6.07, 6.45) is 5.54. The van der Waals surface area contributed by atoms with Crippen LogP contribution in [-0.4, -0.2) is 24.8 Å². The second-order valence-corrected chi connectivity index (χ2v) is 4.11. The van der Waals surface area contributed by atoms with Crippen LogP contribution in [0.2, 0.25) is 0 Å². The molecule has 0 heterocycles. The van der Waals surface area contributed by atoms with E-state index in [2.05, 4.69) is 32.2 Å². The zero-order valence-corrected chi connectivity index (χ0v) is 9.84. The number of aliphatic hydroxyl groups is 1. The van der Waals surface area contributed by atoms with Crippen LogP contribution in [0.15, 0.2) is 11.6 Å². The van der Waals surface area contributed by atoms with Crippen LogP contribution in [0.4, 0.5) is 0 Å². The minimum atomic E-state index is 0.314. The van der Waals surface area contributed by atoms with E-state index in [-0.39, 0.29) is 0 Å². The Bertz CT molecular complexity index is 144. The van der Waals surface area contributed by atoms with Crippen LogP contribution in [-0.2, 0) is 0 Å². The zero-order valence-electron chi connectivity index (χ0n) is 9.84. The van der Waals surface area contributed by atoms with Crippen molar-refractivity contribution in [1.82, 2.24) is 5.32 Å². The molecule has 2 N–H and O–H groups in total. The SMILES string of the molecule is CCCC(CCO)CNCC=C(C)C. The summed E-state index contributed by atoms with van der Waals surface area (Å²) in [5, 5.41) is 12.3. The van der Waals surface area contributed by atoms with Crippen molar-refractivity contribution in [3.8, 4) is 0 Å². The first-order chi connectivity index (χ1) is 6.70. The molecule has 0 saturated carbocycles. The van der Waals surface area contributed by atoms with E-state index in [0.717, 1.165) is 19.5 Å². The molecule has 0 aliphatic carbocycles. The minimum absolute atomic E-state index is 0.314. The summed E-state index contributed by atoms with van der Waals surface area (Å²) in [5.74, 6) is 0.635. The lowest BCUT2D eigenvalue weighted by molar-refractivity contribution is 0.249. The molecule has 2 nitrogen and oxygen atoms in total. The molecule has 0 aliphatic heterocycles. The number of rotatable bonds is 8. The molecular weight excluding hydrogens is 174 g/mol. The summed E-state index contributed by atoms with van der Waals surface area (Å²) >= 11 is 0. The van der Waals surface area contributed by atoms with Crippen LogP contribution >= 0.6 is 0 Å². The van der Waals surface area contributed by atoms with Gasteiger partial charge in [0.2, 0.25) is 0 Å². The van der Waals surface area contributed by atoms with Gasteiger partial charge in [-0.25, -0.2) is 0 Å². The lowest BCUT2D eigenvalue weighted by Crippen LogP contribution is -2.23. The van der Waals surface area contributed by atoms with E-state index in [1.54, 1.807) is 0 Å². The van der Waals surface area contributed by atoms with Gasteiger partial charge in [0, 0.05) is 13.2 Å². The van der Waals surface area contributed by atoms with Gasteiger partial charge >= 0.3 is 0 Å². The Hall–Kier alpha value is -0.340. The Morgan fingerprint density at radius 1 is 1.36 bits per heavy atom. The number of hydrogen-bond acceptors (Lipinski definition) is 2. The fourth-order valence-electron chi connectivity index (χ4n) is 1.50. The molecule has 0 spiro atoms. The van der Waals surface area contributed by atoms with E-state index < -0.39 is 0 Å². The van der Waals surface area contributed by atoms with E-state index >= 15 is 0 Å². The maximum absolute atomic E-state index is 8.87. The minimum Gasteiger partial charge on any atom is -0.396 e.